The van der Waals surface area contributed by atoms with E-state index < -0.39 is 17.9 Å². The molecule has 1 aliphatic heterocycles. The summed E-state index contributed by atoms with van der Waals surface area (Å²) in [5.41, 5.74) is 8.75. The van der Waals surface area contributed by atoms with Crippen molar-refractivity contribution in [1.82, 2.24) is 9.97 Å². The van der Waals surface area contributed by atoms with Gasteiger partial charge in [-0.2, -0.15) is 0 Å². The second kappa shape index (κ2) is 6.87. The minimum atomic E-state index is -0.520. The summed E-state index contributed by atoms with van der Waals surface area (Å²) in [5, 5.41) is 0.765. The molecule has 0 spiro atoms. The lowest BCUT2D eigenvalue weighted by Gasteiger charge is -2.36. The van der Waals surface area contributed by atoms with E-state index in [0.29, 0.717) is 34.3 Å². The highest BCUT2D eigenvalue weighted by Crippen LogP contribution is 2.38. The van der Waals surface area contributed by atoms with Gasteiger partial charge in [-0.15, -0.1) is 11.3 Å². The largest absolute Gasteiger partial charge is 0.465 e. The van der Waals surface area contributed by atoms with Crippen molar-refractivity contribution >= 4 is 39.2 Å². The lowest BCUT2D eigenvalue weighted by atomic mass is 9.93. The highest BCUT2D eigenvalue weighted by Gasteiger charge is 2.33. The Bertz CT molecular complexity index is 1110. The Morgan fingerprint density at radius 2 is 1.93 bits per heavy atom. The first-order valence-corrected chi connectivity index (χ1v) is 9.71. The summed E-state index contributed by atoms with van der Waals surface area (Å²) < 4.78 is 4.90. The van der Waals surface area contributed by atoms with E-state index in [4.69, 9.17) is 10.5 Å². The number of hydrogen-bond donors (Lipinski definition) is 1. The molecule has 3 heterocycles. The maximum atomic E-state index is 12.3. The van der Waals surface area contributed by atoms with Gasteiger partial charge in [0.15, 0.2) is 0 Å². The minimum Gasteiger partial charge on any atom is -0.465 e. The Labute approximate surface area is 166 Å². The van der Waals surface area contributed by atoms with Crippen LogP contribution in [0.15, 0.2) is 24.3 Å². The molecule has 4 rings (SSSR count). The lowest BCUT2D eigenvalue weighted by molar-refractivity contribution is -0.119. The number of anilines is 1. The zero-order valence-electron chi connectivity index (χ0n) is 15.9. The molecule has 1 amide bonds. The summed E-state index contributed by atoms with van der Waals surface area (Å²) in [6.07, 6.45) is 0.517. The first kappa shape index (κ1) is 18.4. The average molecular weight is 396 g/mol. The van der Waals surface area contributed by atoms with Gasteiger partial charge in [-0.25, -0.2) is 14.8 Å². The van der Waals surface area contributed by atoms with E-state index in [-0.39, 0.29) is 0 Å². The van der Waals surface area contributed by atoms with E-state index in [9.17, 15) is 9.59 Å². The molecule has 0 fully saturated rings. The summed E-state index contributed by atoms with van der Waals surface area (Å²) in [6, 6.07) is 7.49. The van der Waals surface area contributed by atoms with Crippen LogP contribution in [0.2, 0.25) is 0 Å². The third-order valence-corrected chi connectivity index (χ3v) is 6.27. The fraction of sp³-hybridized carbons (Fsp3) is 0.300. The van der Waals surface area contributed by atoms with Crippen molar-refractivity contribution in [2.24, 2.45) is 5.73 Å². The molecule has 7 nitrogen and oxygen atoms in total. The number of aryl methyl sites for hydroxylation is 2. The van der Waals surface area contributed by atoms with Crippen LogP contribution in [-0.2, 0) is 22.5 Å². The first-order valence-electron chi connectivity index (χ1n) is 8.89. The first-order chi connectivity index (χ1) is 13.4. The Hall–Kier alpha value is -3.00. The van der Waals surface area contributed by atoms with Crippen LogP contribution in [0.3, 0.4) is 0 Å². The van der Waals surface area contributed by atoms with E-state index in [1.54, 1.807) is 6.92 Å². The van der Waals surface area contributed by atoms with E-state index >= 15 is 0 Å². The SMILES string of the molecule is COC(=O)c1sc2nc(C)nc(N3Cc4ccccc4C[C@@H]3C(N)=O)c2c1C. The van der Waals surface area contributed by atoms with Crippen molar-refractivity contribution in [2.45, 2.75) is 32.9 Å². The molecule has 1 aromatic carbocycles. The number of ether oxygens (including phenoxy) is 1. The molecule has 0 aliphatic carbocycles. The Kier molecular flexibility index (Phi) is 4.50. The molecule has 1 atom stereocenters. The molecule has 2 N–H and O–H groups in total. The number of carbonyl (C=O) groups is 2. The molecule has 1 aliphatic rings. The molecular weight excluding hydrogens is 376 g/mol. The number of nitrogens with zero attached hydrogens (tertiary/aromatic N) is 3. The highest BCUT2D eigenvalue weighted by atomic mass is 32.1. The molecule has 0 saturated heterocycles. The van der Waals surface area contributed by atoms with Crippen molar-refractivity contribution in [2.75, 3.05) is 12.0 Å². The predicted molar refractivity (Wildman–Crippen MR) is 108 cm³/mol. The summed E-state index contributed by atoms with van der Waals surface area (Å²) in [7, 11) is 1.36. The van der Waals surface area contributed by atoms with Crippen LogP contribution in [0.25, 0.3) is 10.2 Å². The number of hydrogen-bond acceptors (Lipinski definition) is 7. The predicted octanol–water partition coefficient (Wildman–Crippen LogP) is 2.51. The van der Waals surface area contributed by atoms with Crippen LogP contribution < -0.4 is 10.6 Å². The van der Waals surface area contributed by atoms with Crippen LogP contribution in [0, 0.1) is 13.8 Å². The topological polar surface area (TPSA) is 98.4 Å². The molecule has 28 heavy (non-hydrogen) atoms. The molecule has 144 valence electrons. The van der Waals surface area contributed by atoms with Crippen LogP contribution in [-0.4, -0.2) is 35.0 Å². The van der Waals surface area contributed by atoms with Gasteiger partial charge < -0.3 is 15.4 Å². The maximum Gasteiger partial charge on any atom is 0.348 e. The Balaban J connectivity index is 1.93. The van der Waals surface area contributed by atoms with Gasteiger partial charge in [-0.05, 0) is 30.5 Å². The number of thiophene rings is 1. The number of amides is 1. The lowest BCUT2D eigenvalue weighted by Crippen LogP contribution is -2.49. The molecule has 8 heteroatoms. The molecule has 0 bridgehead atoms. The average Bonchev–Trinajstić information content (AvgIpc) is 3.01. The highest BCUT2D eigenvalue weighted by molar-refractivity contribution is 7.20. The van der Waals surface area contributed by atoms with E-state index in [0.717, 1.165) is 22.1 Å². The number of aromatic nitrogens is 2. The van der Waals surface area contributed by atoms with Crippen LogP contribution in [0.5, 0.6) is 0 Å². The van der Waals surface area contributed by atoms with Crippen molar-refractivity contribution < 1.29 is 14.3 Å². The van der Waals surface area contributed by atoms with Gasteiger partial charge in [-0.1, -0.05) is 24.3 Å². The van der Waals surface area contributed by atoms with Crippen molar-refractivity contribution in [3.63, 3.8) is 0 Å². The van der Waals surface area contributed by atoms with E-state index in [1.165, 1.54) is 18.4 Å². The summed E-state index contributed by atoms with van der Waals surface area (Å²) in [5.74, 6) is 0.395. The molecular formula is C20H20N4O3S. The quantitative estimate of drug-likeness (QED) is 0.683. The molecule has 0 unspecified atom stereocenters. The van der Waals surface area contributed by atoms with Gasteiger partial charge >= 0.3 is 5.97 Å². The number of nitrogens with two attached hydrogens (primary N) is 1. The zero-order chi connectivity index (χ0) is 20.0. The second-order valence-corrected chi connectivity index (χ2v) is 7.84. The van der Waals surface area contributed by atoms with Crippen molar-refractivity contribution in [3.8, 4) is 0 Å². The van der Waals surface area contributed by atoms with Gasteiger partial charge in [0.25, 0.3) is 0 Å². The normalized spacial score (nSPS) is 16.1. The Morgan fingerprint density at radius 1 is 1.21 bits per heavy atom. The number of methoxy groups -OCH3 is 1. The fourth-order valence-corrected chi connectivity index (χ4v) is 4.86. The third-order valence-electron chi connectivity index (χ3n) is 5.10. The van der Waals surface area contributed by atoms with Gasteiger partial charge in [0.2, 0.25) is 5.91 Å². The number of benzene rings is 1. The van der Waals surface area contributed by atoms with Gasteiger partial charge in [0.05, 0.1) is 12.5 Å². The van der Waals surface area contributed by atoms with Gasteiger partial charge in [0, 0.05) is 13.0 Å². The second-order valence-electron chi connectivity index (χ2n) is 6.84. The molecule has 3 aromatic rings. The molecule has 0 radical (unpaired) electrons. The number of rotatable bonds is 3. The van der Waals surface area contributed by atoms with Gasteiger partial charge in [-0.3, -0.25) is 4.79 Å². The maximum absolute atomic E-state index is 12.3. The standard InChI is InChI=1S/C20H20N4O3S/c1-10-15-18(22-11(2)23-19(15)28-16(10)20(26)27-3)24-9-13-7-5-4-6-12(13)8-14(24)17(21)25/h4-7,14H,8-9H2,1-3H3,(H2,21,25)/t14-/m1/s1. The van der Waals surface area contributed by atoms with Crippen molar-refractivity contribution in [3.05, 3.63) is 51.7 Å². The van der Waals surface area contributed by atoms with Crippen molar-refractivity contribution in [1.29, 1.82) is 0 Å². The Morgan fingerprint density at radius 3 is 2.61 bits per heavy atom. The van der Waals surface area contributed by atoms with E-state index in [2.05, 4.69) is 9.97 Å². The smallest absolute Gasteiger partial charge is 0.348 e. The zero-order valence-corrected chi connectivity index (χ0v) is 16.7. The monoisotopic (exact) mass is 396 g/mol. The van der Waals surface area contributed by atoms with Crippen LogP contribution in [0.4, 0.5) is 5.82 Å². The van der Waals surface area contributed by atoms with Crippen LogP contribution in [0.1, 0.15) is 32.2 Å². The molecule has 0 saturated carbocycles. The van der Waals surface area contributed by atoms with Crippen LogP contribution >= 0.6 is 11.3 Å². The minimum absolute atomic E-state index is 0.403. The number of primary amides is 1. The van der Waals surface area contributed by atoms with E-state index in [1.807, 2.05) is 36.1 Å². The third kappa shape index (κ3) is 2.90. The summed E-state index contributed by atoms with van der Waals surface area (Å²) in [4.78, 5) is 36.7. The van der Waals surface area contributed by atoms with Gasteiger partial charge in [0.1, 0.15) is 27.4 Å². The number of fused-ring (bicyclic) bond motifs is 2. The number of esters is 1. The fourth-order valence-electron chi connectivity index (χ4n) is 3.72. The summed E-state index contributed by atoms with van der Waals surface area (Å²) >= 11 is 1.28. The molecule has 2 aromatic heterocycles. The number of carbonyl (C=O) groups excluding carboxylic acids is 2. The summed E-state index contributed by atoms with van der Waals surface area (Å²) in [6.45, 7) is 4.16.